The van der Waals surface area contributed by atoms with Gasteiger partial charge in [-0.05, 0) is 48.2 Å². The van der Waals surface area contributed by atoms with Crippen LogP contribution in [0.1, 0.15) is 11.1 Å². The maximum atomic E-state index is 12.9. The van der Waals surface area contributed by atoms with E-state index < -0.39 is 0 Å². The number of nitrogens with two attached hydrogens (primary N) is 1. The molecule has 0 saturated heterocycles. The summed E-state index contributed by atoms with van der Waals surface area (Å²) in [6, 6.07) is 11.7. The van der Waals surface area contributed by atoms with Gasteiger partial charge < -0.3 is 0 Å². The quantitative estimate of drug-likeness (QED) is 0.652. The second-order valence-electron chi connectivity index (χ2n) is 4.60. The number of nitrogens with one attached hydrogen (secondary N) is 1. The van der Waals surface area contributed by atoms with Crippen LogP contribution in [-0.2, 0) is 12.8 Å². The van der Waals surface area contributed by atoms with E-state index in [0.29, 0.717) is 22.9 Å². The fourth-order valence-electron chi connectivity index (χ4n) is 2.07. The third kappa shape index (κ3) is 3.93. The summed E-state index contributed by atoms with van der Waals surface area (Å²) in [5.74, 6) is 5.34. The van der Waals surface area contributed by atoms with Crippen LogP contribution in [0.15, 0.2) is 42.5 Å². The molecule has 106 valence electrons. The summed E-state index contributed by atoms with van der Waals surface area (Å²) in [6.45, 7) is 0. The third-order valence-electron chi connectivity index (χ3n) is 3.14. The van der Waals surface area contributed by atoms with E-state index in [4.69, 9.17) is 29.0 Å². The molecule has 0 radical (unpaired) electrons. The Bertz CT molecular complexity index is 552. The van der Waals surface area contributed by atoms with Gasteiger partial charge in [-0.1, -0.05) is 41.4 Å². The molecule has 1 unspecified atom stereocenters. The molecule has 0 amide bonds. The summed E-state index contributed by atoms with van der Waals surface area (Å²) in [5, 5.41) is 1.24. The van der Waals surface area contributed by atoms with Gasteiger partial charge in [0.15, 0.2) is 0 Å². The maximum Gasteiger partial charge on any atom is 0.123 e. The van der Waals surface area contributed by atoms with Crippen LogP contribution < -0.4 is 11.3 Å². The molecule has 3 N–H and O–H groups in total. The Morgan fingerprint density at radius 1 is 1.00 bits per heavy atom. The lowest BCUT2D eigenvalue weighted by molar-refractivity contribution is 0.522. The summed E-state index contributed by atoms with van der Waals surface area (Å²) < 4.78 is 12.9. The molecule has 2 aromatic rings. The molecule has 0 saturated carbocycles. The minimum Gasteiger partial charge on any atom is -0.271 e. The number of hydrogen-bond acceptors (Lipinski definition) is 2. The molecule has 20 heavy (non-hydrogen) atoms. The molecule has 0 fully saturated rings. The van der Waals surface area contributed by atoms with Crippen molar-refractivity contribution >= 4 is 23.2 Å². The molecule has 0 aliphatic carbocycles. The van der Waals surface area contributed by atoms with Gasteiger partial charge in [0.2, 0.25) is 0 Å². The number of halogens is 3. The molecule has 2 rings (SSSR count). The van der Waals surface area contributed by atoms with Crippen molar-refractivity contribution in [3.05, 3.63) is 69.5 Å². The molecule has 0 spiro atoms. The predicted octanol–water partition coefficient (Wildman–Crippen LogP) is 3.75. The summed E-state index contributed by atoms with van der Waals surface area (Å²) >= 11 is 12.3. The highest BCUT2D eigenvalue weighted by molar-refractivity contribution is 6.36. The first-order chi connectivity index (χ1) is 9.60. The second kappa shape index (κ2) is 7.04. The first-order valence-electron chi connectivity index (χ1n) is 6.23. The lowest BCUT2D eigenvalue weighted by atomic mass is 9.99. The van der Waals surface area contributed by atoms with E-state index in [-0.39, 0.29) is 11.9 Å². The normalized spacial score (nSPS) is 12.4. The molecule has 2 aromatic carbocycles. The van der Waals surface area contributed by atoms with Crippen LogP contribution >= 0.6 is 23.2 Å². The van der Waals surface area contributed by atoms with E-state index in [1.54, 1.807) is 30.3 Å². The molecule has 0 heterocycles. The first-order valence-corrected chi connectivity index (χ1v) is 6.99. The highest BCUT2D eigenvalue weighted by Gasteiger charge is 2.13. The number of benzene rings is 2. The fourth-order valence-corrected chi connectivity index (χ4v) is 2.62. The van der Waals surface area contributed by atoms with Crippen LogP contribution in [0.3, 0.4) is 0 Å². The Morgan fingerprint density at radius 3 is 2.15 bits per heavy atom. The van der Waals surface area contributed by atoms with Crippen molar-refractivity contribution < 1.29 is 4.39 Å². The van der Waals surface area contributed by atoms with Crippen LogP contribution in [0.2, 0.25) is 10.0 Å². The van der Waals surface area contributed by atoms with E-state index in [0.717, 1.165) is 11.1 Å². The lowest BCUT2D eigenvalue weighted by Crippen LogP contribution is -2.38. The van der Waals surface area contributed by atoms with Crippen LogP contribution in [0.4, 0.5) is 4.39 Å². The van der Waals surface area contributed by atoms with E-state index >= 15 is 0 Å². The van der Waals surface area contributed by atoms with Crippen molar-refractivity contribution in [2.75, 3.05) is 0 Å². The molecule has 2 nitrogen and oxygen atoms in total. The molecule has 5 heteroatoms. The monoisotopic (exact) mass is 312 g/mol. The number of hydrazine groups is 1. The molecule has 0 aromatic heterocycles. The largest absolute Gasteiger partial charge is 0.271 e. The Morgan fingerprint density at radius 2 is 1.60 bits per heavy atom. The first kappa shape index (κ1) is 15.3. The minimum atomic E-state index is -0.250. The Balaban J connectivity index is 2.11. The zero-order valence-electron chi connectivity index (χ0n) is 10.7. The smallest absolute Gasteiger partial charge is 0.123 e. The lowest BCUT2D eigenvalue weighted by Gasteiger charge is -2.17. The van der Waals surface area contributed by atoms with Crippen LogP contribution in [0.25, 0.3) is 0 Å². The SMILES string of the molecule is NNC(Cc1ccc(F)cc1)Cc1c(Cl)cccc1Cl. The van der Waals surface area contributed by atoms with Crippen molar-refractivity contribution in [3.63, 3.8) is 0 Å². The molecule has 1 atom stereocenters. The Kier molecular flexibility index (Phi) is 5.38. The third-order valence-corrected chi connectivity index (χ3v) is 3.85. The van der Waals surface area contributed by atoms with E-state index in [1.165, 1.54) is 12.1 Å². The summed E-state index contributed by atoms with van der Waals surface area (Å²) in [7, 11) is 0. The topological polar surface area (TPSA) is 38.0 Å². The molecule has 0 aliphatic heterocycles. The zero-order valence-corrected chi connectivity index (χ0v) is 12.3. The summed E-state index contributed by atoms with van der Waals surface area (Å²) in [6.07, 6.45) is 1.27. The van der Waals surface area contributed by atoms with Gasteiger partial charge in [0, 0.05) is 16.1 Å². The van der Waals surface area contributed by atoms with Gasteiger partial charge in [-0.25, -0.2) is 4.39 Å². The maximum absolute atomic E-state index is 12.9. The predicted molar refractivity (Wildman–Crippen MR) is 81.4 cm³/mol. The highest BCUT2D eigenvalue weighted by atomic mass is 35.5. The Hall–Kier alpha value is -1.13. The van der Waals surface area contributed by atoms with Gasteiger partial charge in [-0.15, -0.1) is 0 Å². The van der Waals surface area contributed by atoms with E-state index in [2.05, 4.69) is 5.43 Å². The average molecular weight is 313 g/mol. The van der Waals surface area contributed by atoms with Gasteiger partial charge >= 0.3 is 0 Å². The number of rotatable bonds is 5. The van der Waals surface area contributed by atoms with Crippen molar-refractivity contribution in [3.8, 4) is 0 Å². The molecular weight excluding hydrogens is 298 g/mol. The van der Waals surface area contributed by atoms with Crippen molar-refractivity contribution in [1.29, 1.82) is 0 Å². The van der Waals surface area contributed by atoms with Crippen molar-refractivity contribution in [1.82, 2.24) is 5.43 Å². The summed E-state index contributed by atoms with van der Waals surface area (Å²) in [4.78, 5) is 0. The van der Waals surface area contributed by atoms with E-state index in [1.807, 2.05) is 0 Å². The number of hydrogen-bond donors (Lipinski definition) is 2. The summed E-state index contributed by atoms with van der Waals surface area (Å²) in [5.41, 5.74) is 4.62. The van der Waals surface area contributed by atoms with Crippen molar-refractivity contribution in [2.24, 2.45) is 5.84 Å². The standard InChI is InChI=1S/C15H15Cl2FN2/c16-14-2-1-3-15(17)13(14)9-12(20-19)8-10-4-6-11(18)7-5-10/h1-7,12,20H,8-9,19H2. The minimum absolute atomic E-state index is 0.0298. The van der Waals surface area contributed by atoms with Gasteiger partial charge in [-0.2, -0.15) is 0 Å². The van der Waals surface area contributed by atoms with Crippen LogP contribution in [-0.4, -0.2) is 6.04 Å². The van der Waals surface area contributed by atoms with Gasteiger partial charge in [0.25, 0.3) is 0 Å². The zero-order chi connectivity index (χ0) is 14.5. The fraction of sp³-hybridized carbons (Fsp3) is 0.200. The molecule has 0 aliphatic rings. The van der Waals surface area contributed by atoms with Gasteiger partial charge in [-0.3, -0.25) is 11.3 Å². The van der Waals surface area contributed by atoms with E-state index in [9.17, 15) is 4.39 Å². The van der Waals surface area contributed by atoms with Gasteiger partial charge in [0.1, 0.15) is 5.82 Å². The molecule has 0 bridgehead atoms. The second-order valence-corrected chi connectivity index (χ2v) is 5.41. The van der Waals surface area contributed by atoms with Gasteiger partial charge in [0.05, 0.1) is 0 Å². The highest BCUT2D eigenvalue weighted by Crippen LogP contribution is 2.26. The van der Waals surface area contributed by atoms with Crippen LogP contribution in [0, 0.1) is 5.82 Å². The van der Waals surface area contributed by atoms with Crippen molar-refractivity contribution in [2.45, 2.75) is 18.9 Å². The average Bonchev–Trinajstić information content (AvgIpc) is 2.44. The van der Waals surface area contributed by atoms with Crippen LogP contribution in [0.5, 0.6) is 0 Å². The Labute approximate surface area is 127 Å². The molecular formula is C15H15Cl2FN2.